The minimum absolute atomic E-state index is 0.358. The second kappa shape index (κ2) is 5.69. The summed E-state index contributed by atoms with van der Waals surface area (Å²) in [6.07, 6.45) is 1.53. The Bertz CT molecular complexity index is 546. The van der Waals surface area contributed by atoms with Crippen LogP contribution in [-0.4, -0.2) is 16.5 Å². The van der Waals surface area contributed by atoms with Crippen LogP contribution in [0.15, 0.2) is 30.5 Å². The van der Waals surface area contributed by atoms with E-state index >= 15 is 0 Å². The third-order valence-electron chi connectivity index (χ3n) is 2.35. The van der Waals surface area contributed by atoms with Crippen LogP contribution in [0.2, 0.25) is 5.02 Å². The van der Waals surface area contributed by atoms with Crippen molar-refractivity contribution in [2.75, 3.05) is 11.9 Å². The first kappa shape index (κ1) is 12.6. The average Bonchev–Trinajstić information content (AvgIpc) is 2.36. The summed E-state index contributed by atoms with van der Waals surface area (Å²) in [5, 5.41) is 3.40. The van der Waals surface area contributed by atoms with Gasteiger partial charge in [0, 0.05) is 6.54 Å². The standard InChI is InChI=1S/C13H14ClN3O/c1-3-15-13-16-8-10(14)12(17-13)18-11-7-5-4-6-9(11)2/h4-8H,3H2,1-2H3,(H,15,16,17). The summed E-state index contributed by atoms with van der Waals surface area (Å²) in [5.41, 5.74) is 1.03. The van der Waals surface area contributed by atoms with Gasteiger partial charge in [-0.3, -0.25) is 0 Å². The number of rotatable bonds is 4. The summed E-state index contributed by atoms with van der Waals surface area (Å²) < 4.78 is 5.70. The summed E-state index contributed by atoms with van der Waals surface area (Å²) in [6.45, 7) is 4.68. The number of benzene rings is 1. The van der Waals surface area contributed by atoms with Gasteiger partial charge >= 0.3 is 0 Å². The van der Waals surface area contributed by atoms with Gasteiger partial charge in [-0.05, 0) is 25.5 Å². The lowest BCUT2D eigenvalue weighted by Gasteiger charge is -2.10. The zero-order chi connectivity index (χ0) is 13.0. The highest BCUT2D eigenvalue weighted by Crippen LogP contribution is 2.29. The van der Waals surface area contributed by atoms with E-state index in [-0.39, 0.29) is 0 Å². The van der Waals surface area contributed by atoms with Crippen LogP contribution in [0, 0.1) is 6.92 Å². The normalized spacial score (nSPS) is 10.2. The van der Waals surface area contributed by atoms with E-state index in [0.717, 1.165) is 17.9 Å². The number of nitrogens with zero attached hydrogens (tertiary/aromatic N) is 2. The van der Waals surface area contributed by atoms with Gasteiger partial charge in [0.05, 0.1) is 6.20 Å². The lowest BCUT2D eigenvalue weighted by atomic mass is 10.2. The summed E-state index contributed by atoms with van der Waals surface area (Å²) in [6, 6.07) is 7.70. The van der Waals surface area contributed by atoms with Gasteiger partial charge in [0.1, 0.15) is 10.8 Å². The zero-order valence-electron chi connectivity index (χ0n) is 10.3. The predicted octanol–water partition coefficient (Wildman–Crippen LogP) is 3.66. The predicted molar refractivity (Wildman–Crippen MR) is 72.5 cm³/mol. The maximum Gasteiger partial charge on any atom is 0.243 e. The van der Waals surface area contributed by atoms with Crippen molar-refractivity contribution in [3.63, 3.8) is 0 Å². The summed E-state index contributed by atoms with van der Waals surface area (Å²) in [5.74, 6) is 1.60. The number of ether oxygens (including phenoxy) is 1. The molecule has 0 amide bonds. The molecule has 2 rings (SSSR count). The number of para-hydroxylation sites is 1. The minimum Gasteiger partial charge on any atom is -0.437 e. The highest BCUT2D eigenvalue weighted by molar-refractivity contribution is 6.31. The maximum atomic E-state index is 6.02. The number of aromatic nitrogens is 2. The summed E-state index contributed by atoms with van der Waals surface area (Å²) in [7, 11) is 0. The van der Waals surface area contributed by atoms with Gasteiger partial charge in [0.25, 0.3) is 0 Å². The van der Waals surface area contributed by atoms with E-state index in [1.807, 2.05) is 38.1 Å². The topological polar surface area (TPSA) is 47.0 Å². The Morgan fingerprint density at radius 2 is 2.11 bits per heavy atom. The number of hydrogen-bond acceptors (Lipinski definition) is 4. The van der Waals surface area contributed by atoms with Crippen molar-refractivity contribution in [3.05, 3.63) is 41.0 Å². The lowest BCUT2D eigenvalue weighted by molar-refractivity contribution is 0.459. The van der Waals surface area contributed by atoms with Crippen molar-refractivity contribution in [1.29, 1.82) is 0 Å². The molecular formula is C13H14ClN3O. The van der Waals surface area contributed by atoms with E-state index in [4.69, 9.17) is 16.3 Å². The molecule has 0 fully saturated rings. The molecule has 0 radical (unpaired) electrons. The van der Waals surface area contributed by atoms with Crippen molar-refractivity contribution >= 4 is 17.5 Å². The molecule has 5 heteroatoms. The molecule has 0 aliphatic carbocycles. The summed E-state index contributed by atoms with van der Waals surface area (Å²) >= 11 is 6.02. The fourth-order valence-electron chi connectivity index (χ4n) is 1.44. The maximum absolute atomic E-state index is 6.02. The molecule has 1 heterocycles. The van der Waals surface area contributed by atoms with E-state index in [9.17, 15) is 0 Å². The Labute approximate surface area is 111 Å². The number of hydrogen-bond donors (Lipinski definition) is 1. The van der Waals surface area contributed by atoms with Gasteiger partial charge in [-0.15, -0.1) is 0 Å². The van der Waals surface area contributed by atoms with E-state index in [2.05, 4.69) is 15.3 Å². The number of anilines is 1. The molecule has 94 valence electrons. The molecule has 18 heavy (non-hydrogen) atoms. The highest BCUT2D eigenvalue weighted by Gasteiger charge is 2.08. The first-order valence-electron chi connectivity index (χ1n) is 5.70. The lowest BCUT2D eigenvalue weighted by Crippen LogP contribution is -2.03. The first-order chi connectivity index (χ1) is 8.70. The second-order valence-corrected chi connectivity index (χ2v) is 4.15. The van der Waals surface area contributed by atoms with Crippen LogP contribution in [-0.2, 0) is 0 Å². The molecule has 0 aliphatic heterocycles. The number of aryl methyl sites for hydroxylation is 1. The van der Waals surface area contributed by atoms with E-state index in [1.165, 1.54) is 6.20 Å². The molecule has 0 spiro atoms. The fraction of sp³-hybridized carbons (Fsp3) is 0.231. The van der Waals surface area contributed by atoms with Crippen LogP contribution >= 0.6 is 11.6 Å². The molecular weight excluding hydrogens is 250 g/mol. The highest BCUT2D eigenvalue weighted by atomic mass is 35.5. The third-order valence-corrected chi connectivity index (χ3v) is 2.61. The van der Waals surface area contributed by atoms with Crippen molar-refractivity contribution < 1.29 is 4.74 Å². The van der Waals surface area contributed by atoms with Crippen LogP contribution < -0.4 is 10.1 Å². The molecule has 0 saturated carbocycles. The smallest absolute Gasteiger partial charge is 0.243 e. The fourth-order valence-corrected chi connectivity index (χ4v) is 1.57. The Morgan fingerprint density at radius 1 is 1.33 bits per heavy atom. The van der Waals surface area contributed by atoms with Crippen molar-refractivity contribution in [1.82, 2.24) is 9.97 Å². The van der Waals surface area contributed by atoms with Crippen LogP contribution in [0.5, 0.6) is 11.6 Å². The molecule has 0 unspecified atom stereocenters. The molecule has 0 saturated heterocycles. The molecule has 4 nitrogen and oxygen atoms in total. The molecule has 1 aromatic carbocycles. The summed E-state index contributed by atoms with van der Waals surface area (Å²) in [4.78, 5) is 8.28. The number of nitrogens with one attached hydrogen (secondary N) is 1. The van der Waals surface area contributed by atoms with E-state index in [1.54, 1.807) is 0 Å². The third kappa shape index (κ3) is 2.90. The van der Waals surface area contributed by atoms with Crippen molar-refractivity contribution in [3.8, 4) is 11.6 Å². The van der Waals surface area contributed by atoms with Gasteiger partial charge in [0.2, 0.25) is 11.8 Å². The minimum atomic E-state index is 0.358. The largest absolute Gasteiger partial charge is 0.437 e. The number of halogens is 1. The Balaban J connectivity index is 2.28. The molecule has 0 atom stereocenters. The second-order valence-electron chi connectivity index (χ2n) is 3.74. The quantitative estimate of drug-likeness (QED) is 0.914. The average molecular weight is 264 g/mol. The Hall–Kier alpha value is -1.81. The van der Waals surface area contributed by atoms with Gasteiger partial charge in [-0.2, -0.15) is 4.98 Å². The first-order valence-corrected chi connectivity index (χ1v) is 6.08. The molecule has 1 aromatic heterocycles. The van der Waals surface area contributed by atoms with Gasteiger partial charge < -0.3 is 10.1 Å². The molecule has 0 aliphatic rings. The van der Waals surface area contributed by atoms with Crippen LogP contribution in [0.25, 0.3) is 0 Å². The van der Waals surface area contributed by atoms with E-state index < -0.39 is 0 Å². The van der Waals surface area contributed by atoms with Crippen molar-refractivity contribution in [2.45, 2.75) is 13.8 Å². The SMILES string of the molecule is CCNc1ncc(Cl)c(Oc2ccccc2C)n1. The molecule has 1 N–H and O–H groups in total. The van der Waals surface area contributed by atoms with Crippen molar-refractivity contribution in [2.24, 2.45) is 0 Å². The van der Waals surface area contributed by atoms with E-state index in [0.29, 0.717) is 16.9 Å². The van der Waals surface area contributed by atoms with Crippen LogP contribution in [0.3, 0.4) is 0 Å². The zero-order valence-corrected chi connectivity index (χ0v) is 11.0. The van der Waals surface area contributed by atoms with Crippen LogP contribution in [0.4, 0.5) is 5.95 Å². The van der Waals surface area contributed by atoms with Gasteiger partial charge in [-0.25, -0.2) is 4.98 Å². The monoisotopic (exact) mass is 263 g/mol. The Kier molecular flexibility index (Phi) is 3.99. The van der Waals surface area contributed by atoms with Gasteiger partial charge in [-0.1, -0.05) is 29.8 Å². The molecule has 2 aromatic rings. The van der Waals surface area contributed by atoms with Gasteiger partial charge in [0.15, 0.2) is 0 Å². The van der Waals surface area contributed by atoms with Crippen LogP contribution in [0.1, 0.15) is 12.5 Å². The molecule has 0 bridgehead atoms. The Morgan fingerprint density at radius 3 is 2.83 bits per heavy atom.